The molecule has 47 heavy (non-hydrogen) atoms. The van der Waals surface area contributed by atoms with E-state index >= 15 is 0 Å². The molecule has 1 saturated carbocycles. The second-order valence-corrected chi connectivity index (χ2v) is 12.7. The summed E-state index contributed by atoms with van der Waals surface area (Å²) in [6.45, 7) is 5.80. The molecule has 13 nitrogen and oxygen atoms in total. The molecule has 0 radical (unpaired) electrons. The Morgan fingerprint density at radius 1 is 1.02 bits per heavy atom. The third kappa shape index (κ3) is 7.29. The maximum absolute atomic E-state index is 13.0. The summed E-state index contributed by atoms with van der Waals surface area (Å²) in [6, 6.07) is 11.0. The van der Waals surface area contributed by atoms with E-state index in [2.05, 4.69) is 35.9 Å². The van der Waals surface area contributed by atoms with Crippen LogP contribution in [0.15, 0.2) is 67.4 Å². The van der Waals surface area contributed by atoms with E-state index in [-0.39, 0.29) is 23.7 Å². The number of alkyl carbamates (subject to hydrolysis) is 1. The average molecular weight is 637 g/mol. The van der Waals surface area contributed by atoms with Crippen LogP contribution in [0.25, 0.3) is 33.1 Å². The Morgan fingerprint density at radius 2 is 1.81 bits per heavy atom. The van der Waals surface area contributed by atoms with Crippen molar-refractivity contribution < 1.29 is 19.2 Å². The van der Waals surface area contributed by atoms with Gasteiger partial charge in [-0.1, -0.05) is 12.1 Å². The first kappa shape index (κ1) is 31.4. The van der Waals surface area contributed by atoms with E-state index in [1.165, 1.54) is 12.4 Å². The van der Waals surface area contributed by atoms with Gasteiger partial charge in [0.15, 0.2) is 0 Å². The number of aromatic nitrogens is 4. The van der Waals surface area contributed by atoms with Crippen LogP contribution in [0.5, 0.6) is 0 Å². The number of carbonyl (C=O) groups is 2. The quantitative estimate of drug-likeness (QED) is 0.113. The highest BCUT2D eigenvalue weighted by molar-refractivity contribution is 6.04. The lowest BCUT2D eigenvalue weighted by Crippen LogP contribution is -2.42. The van der Waals surface area contributed by atoms with E-state index in [0.29, 0.717) is 60.0 Å². The first-order valence-electron chi connectivity index (χ1n) is 15.5. The first-order chi connectivity index (χ1) is 22.5. The average Bonchev–Trinajstić information content (AvgIpc) is 3.47. The number of nitro groups is 1. The van der Waals surface area contributed by atoms with E-state index in [1.54, 1.807) is 18.5 Å². The Balaban J connectivity index is 1.24. The van der Waals surface area contributed by atoms with Crippen LogP contribution in [0.4, 0.5) is 16.2 Å². The number of nitrogens with one attached hydrogen (secondary N) is 4. The predicted octanol–water partition coefficient (Wildman–Crippen LogP) is 6.26. The molecule has 2 amide bonds. The maximum atomic E-state index is 13.0. The van der Waals surface area contributed by atoms with Gasteiger partial charge in [-0.15, -0.1) is 0 Å². The maximum Gasteiger partial charge on any atom is 0.407 e. The molecule has 4 aromatic heterocycles. The third-order valence-electron chi connectivity index (χ3n) is 8.12. The second-order valence-electron chi connectivity index (χ2n) is 12.7. The molecule has 1 aliphatic rings. The number of aromatic amines is 1. The van der Waals surface area contributed by atoms with Crippen LogP contribution < -0.4 is 16.0 Å². The SMILES string of the molecule is CC(C)(C)OC(=O)NC1CCC(Nc2c([N+](=O)[O-])cnc3ccc(-c4c[nH]c5ncc(C(=O)NCc6cccnc6)cc45)cc23)CC1. The summed E-state index contributed by atoms with van der Waals surface area (Å²) in [5.41, 5.74) is 3.79. The van der Waals surface area contributed by atoms with Gasteiger partial charge in [-0.2, -0.15) is 0 Å². The van der Waals surface area contributed by atoms with Crippen molar-refractivity contribution in [1.29, 1.82) is 0 Å². The molecule has 1 aliphatic carbocycles. The van der Waals surface area contributed by atoms with Crippen LogP contribution in [-0.4, -0.2) is 54.5 Å². The van der Waals surface area contributed by atoms with Crippen molar-refractivity contribution in [2.75, 3.05) is 5.32 Å². The molecule has 13 heteroatoms. The zero-order valence-electron chi connectivity index (χ0n) is 26.4. The van der Waals surface area contributed by atoms with Crippen molar-refractivity contribution >= 4 is 45.3 Å². The van der Waals surface area contributed by atoms with Crippen molar-refractivity contribution in [2.24, 2.45) is 0 Å². The molecule has 0 unspecified atom stereocenters. The summed E-state index contributed by atoms with van der Waals surface area (Å²) in [5, 5.41) is 22.8. The zero-order chi connectivity index (χ0) is 33.1. The van der Waals surface area contributed by atoms with Gasteiger partial charge in [0.25, 0.3) is 5.91 Å². The standard InChI is InChI=1S/C34H36N8O5/c1-34(2,3)47-33(44)41-24-9-7-23(8-10-24)40-30-26-13-21(6-11-28(26)36-19-29(30)42(45)46)27-18-38-31-25(27)14-22(17-37-31)32(43)39-16-20-5-4-12-35-15-20/h4-6,11-15,17-19,23-24H,7-10,16H2,1-3H3,(H,36,40)(H,37,38)(H,39,43)(H,41,44). The number of fused-ring (bicyclic) bond motifs is 2. The van der Waals surface area contributed by atoms with Crippen LogP contribution in [0.2, 0.25) is 0 Å². The number of hydrogen-bond donors (Lipinski definition) is 4. The molecule has 4 N–H and O–H groups in total. The van der Waals surface area contributed by atoms with E-state index in [9.17, 15) is 19.7 Å². The number of rotatable bonds is 8. The normalized spacial score (nSPS) is 16.5. The fourth-order valence-electron chi connectivity index (χ4n) is 5.85. The Kier molecular flexibility index (Phi) is 8.70. The molecule has 1 fully saturated rings. The van der Waals surface area contributed by atoms with E-state index in [1.807, 2.05) is 57.3 Å². The number of amides is 2. The first-order valence-corrected chi connectivity index (χ1v) is 15.5. The minimum Gasteiger partial charge on any atom is -0.444 e. The molecule has 0 aliphatic heterocycles. The number of nitrogens with zero attached hydrogens (tertiary/aromatic N) is 4. The monoisotopic (exact) mass is 636 g/mol. The van der Waals surface area contributed by atoms with E-state index < -0.39 is 16.6 Å². The summed E-state index contributed by atoms with van der Waals surface area (Å²) >= 11 is 0. The number of pyridine rings is 3. The minimum absolute atomic E-state index is 0.0310. The summed E-state index contributed by atoms with van der Waals surface area (Å²) in [4.78, 5) is 53.0. The van der Waals surface area contributed by atoms with Crippen LogP contribution in [0.3, 0.4) is 0 Å². The molecular weight excluding hydrogens is 600 g/mol. The molecule has 0 atom stereocenters. The highest BCUT2D eigenvalue weighted by atomic mass is 16.6. The van der Waals surface area contributed by atoms with E-state index in [0.717, 1.165) is 22.1 Å². The Bertz CT molecular complexity index is 1950. The third-order valence-corrected chi connectivity index (χ3v) is 8.12. The summed E-state index contributed by atoms with van der Waals surface area (Å²) in [5.74, 6) is -0.267. The van der Waals surface area contributed by atoms with Crippen LogP contribution >= 0.6 is 0 Å². The van der Waals surface area contributed by atoms with E-state index in [4.69, 9.17) is 4.74 Å². The number of benzene rings is 1. The van der Waals surface area contributed by atoms with Gasteiger partial charge in [-0.25, -0.2) is 14.8 Å². The smallest absolute Gasteiger partial charge is 0.407 e. The molecule has 0 saturated heterocycles. The van der Waals surface area contributed by atoms with Crippen LogP contribution in [0, 0.1) is 10.1 Å². The fourth-order valence-corrected chi connectivity index (χ4v) is 5.85. The topological polar surface area (TPSA) is 177 Å². The summed E-state index contributed by atoms with van der Waals surface area (Å²) in [7, 11) is 0. The number of anilines is 1. The van der Waals surface area contributed by atoms with Gasteiger partial charge < -0.3 is 25.7 Å². The molecule has 0 bridgehead atoms. The van der Waals surface area contributed by atoms with Gasteiger partial charge in [-0.05, 0) is 81.8 Å². The molecule has 6 rings (SSSR count). The highest BCUT2D eigenvalue weighted by Gasteiger charge is 2.27. The molecule has 242 valence electrons. The highest BCUT2D eigenvalue weighted by Crippen LogP contribution is 2.37. The summed E-state index contributed by atoms with van der Waals surface area (Å²) < 4.78 is 5.39. The van der Waals surface area contributed by atoms with Crippen LogP contribution in [-0.2, 0) is 11.3 Å². The lowest BCUT2D eigenvalue weighted by atomic mass is 9.91. The van der Waals surface area contributed by atoms with Crippen molar-refractivity contribution in [3.05, 3.63) is 88.6 Å². The lowest BCUT2D eigenvalue weighted by Gasteiger charge is -2.31. The van der Waals surface area contributed by atoms with Crippen molar-refractivity contribution in [3.63, 3.8) is 0 Å². The number of H-pyrrole nitrogens is 1. The van der Waals surface area contributed by atoms with Crippen molar-refractivity contribution in [2.45, 2.75) is 70.7 Å². The summed E-state index contributed by atoms with van der Waals surface area (Å²) in [6.07, 6.45) is 10.4. The molecule has 5 aromatic rings. The Morgan fingerprint density at radius 3 is 2.53 bits per heavy atom. The molecule has 0 spiro atoms. The van der Waals surface area contributed by atoms with Gasteiger partial charge in [0, 0.05) is 59.8 Å². The van der Waals surface area contributed by atoms with Gasteiger partial charge in [0.1, 0.15) is 23.1 Å². The second kappa shape index (κ2) is 13.0. The van der Waals surface area contributed by atoms with Crippen molar-refractivity contribution in [1.82, 2.24) is 30.6 Å². The Hall–Kier alpha value is -5.59. The number of ether oxygens (including phenoxy) is 1. The Labute approximate surface area is 270 Å². The molecule has 4 heterocycles. The minimum atomic E-state index is -0.580. The van der Waals surface area contributed by atoms with Gasteiger partial charge >= 0.3 is 11.8 Å². The van der Waals surface area contributed by atoms with Crippen LogP contribution in [0.1, 0.15) is 62.4 Å². The van der Waals surface area contributed by atoms with Crippen molar-refractivity contribution in [3.8, 4) is 11.1 Å². The van der Waals surface area contributed by atoms with Gasteiger partial charge in [0.05, 0.1) is 16.0 Å². The molecule has 1 aromatic carbocycles. The van der Waals surface area contributed by atoms with Gasteiger partial charge in [0.2, 0.25) is 0 Å². The lowest BCUT2D eigenvalue weighted by molar-refractivity contribution is -0.384. The fraction of sp³-hybridized carbons (Fsp3) is 0.324. The molecular formula is C34H36N8O5. The van der Waals surface area contributed by atoms with Gasteiger partial charge in [-0.3, -0.25) is 19.9 Å². The predicted molar refractivity (Wildman–Crippen MR) is 178 cm³/mol. The zero-order valence-corrected chi connectivity index (χ0v) is 26.4. The number of hydrogen-bond acceptors (Lipinski definition) is 9. The number of carbonyl (C=O) groups excluding carboxylic acids is 2. The largest absolute Gasteiger partial charge is 0.444 e.